The second kappa shape index (κ2) is 6.30. The predicted molar refractivity (Wildman–Crippen MR) is 77.3 cm³/mol. The predicted octanol–water partition coefficient (Wildman–Crippen LogP) is 1.47. The normalized spacial score (nSPS) is 11.6. The Hall–Kier alpha value is -1.83. The van der Waals surface area contributed by atoms with Gasteiger partial charge in [-0.25, -0.2) is 17.5 Å². The number of rotatable bonds is 5. The van der Waals surface area contributed by atoms with E-state index in [0.717, 1.165) is 5.56 Å². The molecule has 0 saturated carbocycles. The zero-order valence-electron chi connectivity index (χ0n) is 11.5. The van der Waals surface area contributed by atoms with Gasteiger partial charge >= 0.3 is 0 Å². The van der Waals surface area contributed by atoms with Gasteiger partial charge in [0.05, 0.1) is 4.90 Å². The second-order valence-corrected chi connectivity index (χ2v) is 6.37. The van der Waals surface area contributed by atoms with Crippen LogP contribution in [0.2, 0.25) is 0 Å². The number of hydrogen-bond donors (Lipinski definition) is 2. The maximum atomic E-state index is 13.7. The molecule has 1 aromatic carbocycles. The number of halogens is 1. The third-order valence-corrected chi connectivity index (χ3v) is 4.40. The molecule has 0 saturated heterocycles. The van der Waals surface area contributed by atoms with Crippen LogP contribution in [0.25, 0.3) is 0 Å². The Kier molecular flexibility index (Phi) is 4.66. The van der Waals surface area contributed by atoms with E-state index in [2.05, 4.69) is 9.71 Å². The van der Waals surface area contributed by atoms with Gasteiger partial charge in [-0.2, -0.15) is 0 Å². The highest BCUT2D eigenvalue weighted by molar-refractivity contribution is 7.89. The van der Waals surface area contributed by atoms with E-state index in [1.165, 1.54) is 19.1 Å². The Bertz CT molecular complexity index is 733. The van der Waals surface area contributed by atoms with Crippen LogP contribution >= 0.6 is 0 Å². The van der Waals surface area contributed by atoms with Crippen LogP contribution in [0.4, 0.5) is 4.39 Å². The number of nitrogens with zero attached hydrogens (tertiary/aromatic N) is 1. The van der Waals surface area contributed by atoms with Crippen molar-refractivity contribution < 1.29 is 12.8 Å². The first kappa shape index (κ1) is 15.6. The Morgan fingerprint density at radius 3 is 2.76 bits per heavy atom. The fourth-order valence-electron chi connectivity index (χ4n) is 1.87. The molecule has 0 unspecified atom stereocenters. The molecule has 0 atom stereocenters. The van der Waals surface area contributed by atoms with Gasteiger partial charge in [-0.1, -0.05) is 6.07 Å². The standard InChI is InChI=1S/C14H16FN3O2S/c1-10-5-13(6-12(7-16)14(10)15)21(19,20)18-9-11-3-2-4-17-8-11/h2-6,8,18H,7,9,16H2,1H3. The van der Waals surface area contributed by atoms with Crippen molar-refractivity contribution in [1.29, 1.82) is 0 Å². The highest BCUT2D eigenvalue weighted by Gasteiger charge is 2.17. The fraction of sp³-hybridized carbons (Fsp3) is 0.214. The minimum Gasteiger partial charge on any atom is -0.326 e. The first-order chi connectivity index (χ1) is 9.94. The lowest BCUT2D eigenvalue weighted by atomic mass is 10.1. The smallest absolute Gasteiger partial charge is 0.240 e. The average Bonchev–Trinajstić information content (AvgIpc) is 2.49. The molecule has 1 heterocycles. The van der Waals surface area contributed by atoms with Crippen LogP contribution in [0, 0.1) is 12.7 Å². The number of benzene rings is 1. The maximum Gasteiger partial charge on any atom is 0.240 e. The lowest BCUT2D eigenvalue weighted by Crippen LogP contribution is -2.24. The zero-order chi connectivity index (χ0) is 15.5. The van der Waals surface area contributed by atoms with E-state index in [-0.39, 0.29) is 29.1 Å². The largest absolute Gasteiger partial charge is 0.326 e. The van der Waals surface area contributed by atoms with E-state index in [9.17, 15) is 12.8 Å². The third kappa shape index (κ3) is 3.63. The summed E-state index contributed by atoms with van der Waals surface area (Å²) in [4.78, 5) is 3.92. The van der Waals surface area contributed by atoms with Gasteiger partial charge in [-0.15, -0.1) is 0 Å². The van der Waals surface area contributed by atoms with Crippen LogP contribution in [-0.2, 0) is 23.1 Å². The van der Waals surface area contributed by atoms with Crippen molar-refractivity contribution in [3.8, 4) is 0 Å². The number of hydrogen-bond acceptors (Lipinski definition) is 4. The van der Waals surface area contributed by atoms with Gasteiger partial charge in [0, 0.05) is 31.0 Å². The zero-order valence-corrected chi connectivity index (χ0v) is 12.3. The molecule has 2 aromatic rings. The summed E-state index contributed by atoms with van der Waals surface area (Å²) in [5.41, 5.74) is 6.60. The van der Waals surface area contributed by atoms with Crippen LogP contribution < -0.4 is 10.5 Å². The Morgan fingerprint density at radius 2 is 2.14 bits per heavy atom. The molecule has 2 rings (SSSR count). The van der Waals surface area contributed by atoms with Crippen molar-refractivity contribution in [3.05, 3.63) is 59.2 Å². The molecule has 0 aliphatic carbocycles. The quantitative estimate of drug-likeness (QED) is 0.876. The number of nitrogens with one attached hydrogen (secondary N) is 1. The van der Waals surface area contributed by atoms with Gasteiger partial charge in [0.1, 0.15) is 5.82 Å². The molecule has 3 N–H and O–H groups in total. The number of aryl methyl sites for hydroxylation is 1. The second-order valence-electron chi connectivity index (χ2n) is 4.60. The third-order valence-electron chi connectivity index (χ3n) is 3.02. The maximum absolute atomic E-state index is 13.7. The van der Waals surface area contributed by atoms with Gasteiger partial charge in [-0.05, 0) is 36.2 Å². The van der Waals surface area contributed by atoms with Gasteiger partial charge in [0.2, 0.25) is 10.0 Å². The van der Waals surface area contributed by atoms with E-state index >= 15 is 0 Å². The molecule has 7 heteroatoms. The van der Waals surface area contributed by atoms with E-state index in [1.807, 2.05) is 0 Å². The van der Waals surface area contributed by atoms with Crippen molar-refractivity contribution in [1.82, 2.24) is 9.71 Å². The first-order valence-corrected chi connectivity index (χ1v) is 7.80. The number of sulfonamides is 1. The Morgan fingerprint density at radius 1 is 1.38 bits per heavy atom. The van der Waals surface area contributed by atoms with Crippen molar-refractivity contribution in [3.63, 3.8) is 0 Å². The summed E-state index contributed by atoms with van der Waals surface area (Å²) in [7, 11) is -3.73. The highest BCUT2D eigenvalue weighted by atomic mass is 32.2. The lowest BCUT2D eigenvalue weighted by molar-refractivity contribution is 0.577. The lowest BCUT2D eigenvalue weighted by Gasteiger charge is -2.10. The summed E-state index contributed by atoms with van der Waals surface area (Å²) in [5.74, 6) is -0.469. The molecular formula is C14H16FN3O2S. The van der Waals surface area contributed by atoms with Crippen molar-refractivity contribution in [2.75, 3.05) is 0 Å². The summed E-state index contributed by atoms with van der Waals surface area (Å²) in [6, 6.07) is 6.03. The average molecular weight is 309 g/mol. The molecule has 112 valence electrons. The van der Waals surface area contributed by atoms with Crippen LogP contribution in [0.1, 0.15) is 16.7 Å². The number of nitrogens with two attached hydrogens (primary N) is 1. The first-order valence-electron chi connectivity index (χ1n) is 6.31. The molecule has 0 amide bonds. The van der Waals surface area contributed by atoms with Crippen LogP contribution in [0.15, 0.2) is 41.6 Å². The van der Waals surface area contributed by atoms with Crippen LogP contribution in [0.3, 0.4) is 0 Å². The van der Waals surface area contributed by atoms with Crippen molar-refractivity contribution in [2.45, 2.75) is 24.9 Å². The monoisotopic (exact) mass is 309 g/mol. The van der Waals surface area contributed by atoms with Gasteiger partial charge in [0.15, 0.2) is 0 Å². The van der Waals surface area contributed by atoms with E-state index < -0.39 is 15.8 Å². The molecule has 0 aliphatic heterocycles. The molecular weight excluding hydrogens is 293 g/mol. The molecule has 0 spiro atoms. The van der Waals surface area contributed by atoms with Crippen molar-refractivity contribution >= 4 is 10.0 Å². The number of pyridine rings is 1. The SMILES string of the molecule is Cc1cc(S(=O)(=O)NCc2cccnc2)cc(CN)c1F. The van der Waals surface area contributed by atoms with E-state index in [0.29, 0.717) is 0 Å². The minimum atomic E-state index is -3.73. The van der Waals surface area contributed by atoms with Crippen LogP contribution in [0.5, 0.6) is 0 Å². The Balaban J connectivity index is 2.25. The van der Waals surface area contributed by atoms with Gasteiger partial charge < -0.3 is 5.73 Å². The summed E-state index contributed by atoms with van der Waals surface area (Å²) >= 11 is 0. The summed E-state index contributed by atoms with van der Waals surface area (Å²) in [6.45, 7) is 1.57. The van der Waals surface area contributed by atoms with E-state index in [4.69, 9.17) is 5.73 Å². The Labute approximate surface area is 123 Å². The molecule has 0 bridgehead atoms. The fourth-order valence-corrected chi connectivity index (χ4v) is 3.03. The molecule has 0 radical (unpaired) electrons. The van der Waals surface area contributed by atoms with Crippen LogP contribution in [-0.4, -0.2) is 13.4 Å². The van der Waals surface area contributed by atoms with E-state index in [1.54, 1.807) is 24.5 Å². The molecule has 0 aliphatic rings. The molecule has 0 fully saturated rings. The molecule has 5 nitrogen and oxygen atoms in total. The highest BCUT2D eigenvalue weighted by Crippen LogP contribution is 2.19. The summed E-state index contributed by atoms with van der Waals surface area (Å²) in [5, 5.41) is 0. The summed E-state index contributed by atoms with van der Waals surface area (Å²) < 4.78 is 40.7. The van der Waals surface area contributed by atoms with Gasteiger partial charge in [-0.3, -0.25) is 4.98 Å². The minimum absolute atomic E-state index is 0.00532. The molecule has 1 aromatic heterocycles. The molecule has 21 heavy (non-hydrogen) atoms. The van der Waals surface area contributed by atoms with Gasteiger partial charge in [0.25, 0.3) is 0 Å². The van der Waals surface area contributed by atoms with Crippen molar-refractivity contribution in [2.24, 2.45) is 5.73 Å². The topological polar surface area (TPSA) is 85.1 Å². The number of aromatic nitrogens is 1. The summed E-state index contributed by atoms with van der Waals surface area (Å²) in [6.07, 6.45) is 3.18.